The van der Waals surface area contributed by atoms with Crippen LogP contribution in [0, 0.1) is 0 Å². The Labute approximate surface area is 103 Å². The predicted molar refractivity (Wildman–Crippen MR) is 66.5 cm³/mol. The molecule has 0 aliphatic rings. The number of hydrogen-bond acceptors (Lipinski definition) is 4. The summed E-state index contributed by atoms with van der Waals surface area (Å²) in [6.45, 7) is 5.39. The van der Waals surface area contributed by atoms with Crippen LogP contribution in [0.1, 0.15) is 46.5 Å². The number of aliphatic hydroxyl groups is 2. The normalized spacial score (nSPS) is 17.4. The summed E-state index contributed by atoms with van der Waals surface area (Å²) >= 11 is 0. The minimum absolute atomic E-state index is 0.376. The van der Waals surface area contributed by atoms with Crippen molar-refractivity contribution in [3.63, 3.8) is 0 Å². The maximum atomic E-state index is 11.1. The molecular formula is C13H24O4. The first-order chi connectivity index (χ1) is 7.87. The van der Waals surface area contributed by atoms with Crippen LogP contribution in [0.4, 0.5) is 0 Å². The van der Waals surface area contributed by atoms with Gasteiger partial charge in [0.25, 0.3) is 0 Å². The van der Waals surface area contributed by atoms with Gasteiger partial charge < -0.3 is 14.9 Å². The van der Waals surface area contributed by atoms with Crippen molar-refractivity contribution in [2.24, 2.45) is 0 Å². The van der Waals surface area contributed by atoms with Crippen molar-refractivity contribution in [1.82, 2.24) is 0 Å². The van der Waals surface area contributed by atoms with Crippen molar-refractivity contribution in [3.8, 4) is 0 Å². The van der Waals surface area contributed by atoms with E-state index in [1.54, 1.807) is 6.92 Å². The predicted octanol–water partition coefficient (Wildman–Crippen LogP) is 1.80. The van der Waals surface area contributed by atoms with Gasteiger partial charge in [-0.2, -0.15) is 0 Å². The summed E-state index contributed by atoms with van der Waals surface area (Å²) in [6, 6.07) is 0. The van der Waals surface area contributed by atoms with E-state index >= 15 is 0 Å². The lowest BCUT2D eigenvalue weighted by Crippen LogP contribution is -2.38. The minimum Gasteiger partial charge on any atom is -0.466 e. The van der Waals surface area contributed by atoms with Crippen LogP contribution < -0.4 is 0 Å². The zero-order valence-electron chi connectivity index (χ0n) is 11.2. The Bertz CT molecular complexity index is 269. The van der Waals surface area contributed by atoms with Gasteiger partial charge in [0.1, 0.15) is 0 Å². The molecule has 2 N–H and O–H groups in total. The van der Waals surface area contributed by atoms with Gasteiger partial charge in [0, 0.05) is 6.08 Å². The van der Waals surface area contributed by atoms with Gasteiger partial charge >= 0.3 is 5.97 Å². The number of ether oxygens (including phenoxy) is 1. The summed E-state index contributed by atoms with van der Waals surface area (Å²) in [5, 5.41) is 19.7. The largest absolute Gasteiger partial charge is 0.466 e. The second-order valence-corrected chi connectivity index (χ2v) is 4.44. The molecule has 4 heteroatoms. The molecule has 4 nitrogen and oxygen atoms in total. The van der Waals surface area contributed by atoms with Crippen LogP contribution in [-0.2, 0) is 9.53 Å². The lowest BCUT2D eigenvalue weighted by Gasteiger charge is -2.27. The summed E-state index contributed by atoms with van der Waals surface area (Å²) in [6.07, 6.45) is 2.93. The van der Waals surface area contributed by atoms with Crippen LogP contribution in [0.25, 0.3) is 0 Å². The lowest BCUT2D eigenvalue weighted by atomic mass is 9.91. The average molecular weight is 244 g/mol. The van der Waals surface area contributed by atoms with E-state index < -0.39 is 11.7 Å². The number of aliphatic hydroxyl groups excluding tert-OH is 1. The highest BCUT2D eigenvalue weighted by atomic mass is 16.5. The third-order valence-corrected chi connectivity index (χ3v) is 3.15. The Morgan fingerprint density at radius 1 is 1.47 bits per heavy atom. The van der Waals surface area contributed by atoms with Gasteiger partial charge in [-0.25, -0.2) is 4.79 Å². The second kappa shape index (κ2) is 7.45. The van der Waals surface area contributed by atoms with Crippen LogP contribution in [0.5, 0.6) is 0 Å². The summed E-state index contributed by atoms with van der Waals surface area (Å²) in [7, 11) is 1.34. The summed E-state index contributed by atoms with van der Waals surface area (Å²) < 4.78 is 4.55. The zero-order valence-corrected chi connectivity index (χ0v) is 11.2. The average Bonchev–Trinajstić information content (AvgIpc) is 2.33. The summed E-state index contributed by atoms with van der Waals surface area (Å²) in [4.78, 5) is 11.1. The molecule has 0 aliphatic carbocycles. The fraction of sp³-hybridized carbons (Fsp3) is 0.769. The van der Waals surface area contributed by atoms with Crippen LogP contribution in [0.15, 0.2) is 11.6 Å². The third-order valence-electron chi connectivity index (χ3n) is 3.15. The number of carbonyl (C=O) groups excluding carboxylic acids is 1. The van der Waals surface area contributed by atoms with E-state index in [1.165, 1.54) is 13.2 Å². The van der Waals surface area contributed by atoms with Crippen molar-refractivity contribution in [3.05, 3.63) is 11.6 Å². The number of methoxy groups -OCH3 is 1. The molecule has 0 aromatic heterocycles. The molecule has 0 saturated carbocycles. The molecule has 17 heavy (non-hydrogen) atoms. The van der Waals surface area contributed by atoms with Gasteiger partial charge in [0.2, 0.25) is 0 Å². The van der Waals surface area contributed by atoms with E-state index in [-0.39, 0.29) is 5.97 Å². The van der Waals surface area contributed by atoms with Gasteiger partial charge in [-0.3, -0.25) is 0 Å². The molecule has 0 bridgehead atoms. The quantitative estimate of drug-likeness (QED) is 0.529. The van der Waals surface area contributed by atoms with Gasteiger partial charge in [0.05, 0.1) is 18.8 Å². The fourth-order valence-electron chi connectivity index (χ4n) is 1.45. The standard InChI is InChI=1S/C13H24O4/c1-5-10(9-12(15)17-4)7-8-11(14)13(3,16)6-2/h9,11,14,16H,5-8H2,1-4H3/b10-9+/t11-,13-/m0/s1. The Morgan fingerprint density at radius 2 is 2.06 bits per heavy atom. The maximum Gasteiger partial charge on any atom is 0.330 e. The fourth-order valence-corrected chi connectivity index (χ4v) is 1.45. The monoisotopic (exact) mass is 244 g/mol. The van der Waals surface area contributed by atoms with E-state index in [1.807, 2.05) is 13.8 Å². The Kier molecular flexibility index (Phi) is 7.07. The van der Waals surface area contributed by atoms with Gasteiger partial charge in [-0.1, -0.05) is 19.4 Å². The Morgan fingerprint density at radius 3 is 2.47 bits per heavy atom. The first-order valence-electron chi connectivity index (χ1n) is 6.05. The molecule has 0 radical (unpaired) electrons. The highest BCUT2D eigenvalue weighted by Crippen LogP contribution is 2.21. The van der Waals surface area contributed by atoms with Gasteiger partial charge in [-0.15, -0.1) is 0 Å². The van der Waals surface area contributed by atoms with Crippen molar-refractivity contribution >= 4 is 5.97 Å². The molecule has 0 heterocycles. The van der Waals surface area contributed by atoms with Gasteiger partial charge in [-0.05, 0) is 32.6 Å². The maximum absolute atomic E-state index is 11.1. The molecule has 2 atom stereocenters. The van der Waals surface area contributed by atoms with E-state index in [9.17, 15) is 15.0 Å². The SMILES string of the molecule is CC/C(=C\C(=O)OC)CC[C@H](O)[C@@](C)(O)CC. The van der Waals surface area contributed by atoms with Crippen molar-refractivity contribution in [2.75, 3.05) is 7.11 Å². The first kappa shape index (κ1) is 16.1. The van der Waals surface area contributed by atoms with E-state index in [2.05, 4.69) is 4.74 Å². The molecule has 0 saturated heterocycles. The molecule has 0 aromatic carbocycles. The number of hydrogen-bond donors (Lipinski definition) is 2. The topological polar surface area (TPSA) is 66.8 Å². The van der Waals surface area contributed by atoms with Crippen molar-refractivity contribution < 1.29 is 19.7 Å². The second-order valence-electron chi connectivity index (χ2n) is 4.44. The molecule has 0 fully saturated rings. The summed E-state index contributed by atoms with van der Waals surface area (Å²) in [5.74, 6) is -0.376. The van der Waals surface area contributed by atoms with Crippen molar-refractivity contribution in [1.29, 1.82) is 0 Å². The van der Waals surface area contributed by atoms with E-state index in [4.69, 9.17) is 0 Å². The van der Waals surface area contributed by atoms with Crippen LogP contribution >= 0.6 is 0 Å². The molecule has 0 amide bonds. The molecular weight excluding hydrogens is 220 g/mol. The molecule has 0 spiro atoms. The smallest absolute Gasteiger partial charge is 0.330 e. The highest BCUT2D eigenvalue weighted by molar-refractivity contribution is 5.82. The molecule has 0 aliphatic heterocycles. The Balaban J connectivity index is 4.34. The molecule has 0 aromatic rings. The van der Waals surface area contributed by atoms with E-state index in [0.29, 0.717) is 19.3 Å². The molecule has 100 valence electrons. The van der Waals surface area contributed by atoms with Crippen LogP contribution in [-0.4, -0.2) is 35.0 Å². The van der Waals surface area contributed by atoms with Crippen LogP contribution in [0.2, 0.25) is 0 Å². The number of rotatable bonds is 7. The highest BCUT2D eigenvalue weighted by Gasteiger charge is 2.27. The van der Waals surface area contributed by atoms with E-state index in [0.717, 1.165) is 12.0 Å². The number of carbonyl (C=O) groups is 1. The lowest BCUT2D eigenvalue weighted by molar-refractivity contribution is -0.134. The Hall–Kier alpha value is -0.870. The number of esters is 1. The minimum atomic E-state index is -1.07. The van der Waals surface area contributed by atoms with Crippen LogP contribution in [0.3, 0.4) is 0 Å². The van der Waals surface area contributed by atoms with Gasteiger partial charge in [0.15, 0.2) is 0 Å². The molecule has 0 rings (SSSR count). The summed E-state index contributed by atoms with van der Waals surface area (Å²) in [5.41, 5.74) is -0.146. The van der Waals surface area contributed by atoms with Crippen molar-refractivity contribution in [2.45, 2.75) is 58.2 Å². The molecule has 0 unspecified atom stereocenters. The zero-order chi connectivity index (χ0) is 13.5. The third kappa shape index (κ3) is 5.84. The number of allylic oxidation sites excluding steroid dienone is 1. The first-order valence-corrected chi connectivity index (χ1v) is 6.05.